The molecule has 0 fully saturated rings. The molecule has 0 radical (unpaired) electrons. The van der Waals surface area contributed by atoms with Gasteiger partial charge in [0, 0.05) is 0 Å². The number of nitrogens with zero attached hydrogens (tertiary/aromatic N) is 2. The molecule has 0 bridgehead atoms. The van der Waals surface area contributed by atoms with E-state index >= 15 is 0 Å². The standard InChI is InChI=1S/C25H32N2O3/c1-4-5-6-7-8-9-18-30-24-16-14-23(15-17-24)27-26-22-12-10-21(11-13-22)25(19(2)28)20(3)29/h10-17,25H,4-9,18H2,1-3H3. The third kappa shape index (κ3) is 7.90. The molecule has 0 heterocycles. The van der Waals surface area contributed by atoms with Crippen molar-refractivity contribution in [1.82, 2.24) is 0 Å². The van der Waals surface area contributed by atoms with Crippen LogP contribution < -0.4 is 4.74 Å². The number of ether oxygens (including phenoxy) is 1. The summed E-state index contributed by atoms with van der Waals surface area (Å²) in [4.78, 5) is 23.3. The smallest absolute Gasteiger partial charge is 0.144 e. The summed E-state index contributed by atoms with van der Waals surface area (Å²) < 4.78 is 5.78. The molecule has 30 heavy (non-hydrogen) atoms. The van der Waals surface area contributed by atoms with Crippen molar-refractivity contribution >= 4 is 22.9 Å². The normalized spacial score (nSPS) is 11.2. The number of hydrogen-bond donors (Lipinski definition) is 0. The summed E-state index contributed by atoms with van der Waals surface area (Å²) in [6, 6.07) is 14.6. The average molecular weight is 409 g/mol. The Hall–Kier alpha value is -2.82. The van der Waals surface area contributed by atoms with Crippen LogP contribution in [0.1, 0.15) is 70.8 Å². The lowest BCUT2D eigenvalue weighted by atomic mass is 9.92. The molecule has 0 N–H and O–H groups in total. The van der Waals surface area contributed by atoms with E-state index in [1.165, 1.54) is 46.0 Å². The van der Waals surface area contributed by atoms with Gasteiger partial charge in [0.15, 0.2) is 0 Å². The second-order valence-electron chi connectivity index (χ2n) is 7.56. The van der Waals surface area contributed by atoms with Gasteiger partial charge in [0.25, 0.3) is 0 Å². The van der Waals surface area contributed by atoms with Gasteiger partial charge in [-0.2, -0.15) is 10.2 Å². The van der Waals surface area contributed by atoms with Gasteiger partial charge in [0.2, 0.25) is 0 Å². The van der Waals surface area contributed by atoms with Crippen molar-refractivity contribution < 1.29 is 14.3 Å². The lowest BCUT2D eigenvalue weighted by Gasteiger charge is -2.10. The Kier molecular flexibility index (Phi) is 9.92. The molecule has 0 atom stereocenters. The van der Waals surface area contributed by atoms with Gasteiger partial charge in [-0.1, -0.05) is 51.2 Å². The number of ketones is 2. The molecular formula is C25H32N2O3. The fourth-order valence-corrected chi connectivity index (χ4v) is 3.29. The van der Waals surface area contributed by atoms with E-state index in [1.54, 1.807) is 24.3 Å². The Morgan fingerprint density at radius 3 is 1.80 bits per heavy atom. The molecular weight excluding hydrogens is 376 g/mol. The van der Waals surface area contributed by atoms with Crippen LogP contribution in [-0.4, -0.2) is 18.2 Å². The van der Waals surface area contributed by atoms with E-state index in [0.717, 1.165) is 24.5 Å². The Morgan fingerprint density at radius 2 is 1.27 bits per heavy atom. The second-order valence-corrected chi connectivity index (χ2v) is 7.56. The molecule has 0 amide bonds. The van der Waals surface area contributed by atoms with Crippen molar-refractivity contribution in [2.24, 2.45) is 10.2 Å². The predicted molar refractivity (Wildman–Crippen MR) is 120 cm³/mol. The Morgan fingerprint density at radius 1 is 0.767 bits per heavy atom. The van der Waals surface area contributed by atoms with Gasteiger partial charge in [0.1, 0.15) is 23.2 Å². The van der Waals surface area contributed by atoms with Crippen LogP contribution in [0.3, 0.4) is 0 Å². The second kappa shape index (κ2) is 12.7. The van der Waals surface area contributed by atoms with Crippen molar-refractivity contribution in [2.75, 3.05) is 6.61 Å². The van der Waals surface area contributed by atoms with Gasteiger partial charge in [0.05, 0.1) is 18.0 Å². The van der Waals surface area contributed by atoms with E-state index in [4.69, 9.17) is 4.74 Å². The molecule has 0 aliphatic rings. The number of carbonyl (C=O) groups excluding carboxylic acids is 2. The van der Waals surface area contributed by atoms with E-state index in [2.05, 4.69) is 17.2 Å². The molecule has 0 aliphatic heterocycles. The molecule has 0 spiro atoms. The van der Waals surface area contributed by atoms with Gasteiger partial charge in [-0.3, -0.25) is 9.59 Å². The molecule has 2 rings (SSSR count). The number of unbranched alkanes of at least 4 members (excludes halogenated alkanes) is 5. The number of azo groups is 1. The number of benzene rings is 2. The van der Waals surface area contributed by atoms with Crippen molar-refractivity contribution in [3.63, 3.8) is 0 Å². The van der Waals surface area contributed by atoms with Crippen LogP contribution in [0.4, 0.5) is 11.4 Å². The third-order valence-electron chi connectivity index (χ3n) is 4.92. The Balaban J connectivity index is 1.83. The average Bonchev–Trinajstić information content (AvgIpc) is 2.73. The number of hydrogen-bond acceptors (Lipinski definition) is 5. The minimum atomic E-state index is -0.708. The Bertz CT molecular complexity index is 812. The van der Waals surface area contributed by atoms with Crippen LogP contribution in [0.25, 0.3) is 0 Å². The summed E-state index contributed by atoms with van der Waals surface area (Å²) in [5.74, 6) is -0.183. The fourth-order valence-electron chi connectivity index (χ4n) is 3.29. The van der Waals surface area contributed by atoms with Crippen LogP contribution in [0.15, 0.2) is 58.8 Å². The van der Waals surface area contributed by atoms with Gasteiger partial charge < -0.3 is 4.74 Å². The zero-order valence-corrected chi connectivity index (χ0v) is 18.3. The first-order chi connectivity index (χ1) is 14.5. The van der Waals surface area contributed by atoms with Crippen LogP contribution in [-0.2, 0) is 9.59 Å². The highest BCUT2D eigenvalue weighted by Crippen LogP contribution is 2.24. The highest BCUT2D eigenvalue weighted by Gasteiger charge is 2.21. The van der Waals surface area contributed by atoms with Crippen molar-refractivity contribution in [3.05, 3.63) is 54.1 Å². The largest absolute Gasteiger partial charge is 0.494 e. The van der Waals surface area contributed by atoms with Gasteiger partial charge in [-0.15, -0.1) is 0 Å². The van der Waals surface area contributed by atoms with Crippen LogP contribution in [0, 0.1) is 0 Å². The van der Waals surface area contributed by atoms with Gasteiger partial charge in [-0.05, 0) is 62.2 Å². The molecule has 0 aliphatic carbocycles. The van der Waals surface area contributed by atoms with Crippen molar-refractivity contribution in [1.29, 1.82) is 0 Å². The quantitative estimate of drug-likeness (QED) is 0.202. The maximum atomic E-state index is 11.7. The highest BCUT2D eigenvalue weighted by molar-refractivity contribution is 6.05. The van der Waals surface area contributed by atoms with Crippen LogP contribution in [0.2, 0.25) is 0 Å². The summed E-state index contributed by atoms with van der Waals surface area (Å²) in [5.41, 5.74) is 2.07. The lowest BCUT2D eigenvalue weighted by molar-refractivity contribution is -0.126. The first kappa shape index (κ1) is 23.5. The maximum absolute atomic E-state index is 11.7. The minimum Gasteiger partial charge on any atom is -0.494 e. The number of rotatable bonds is 13. The summed E-state index contributed by atoms with van der Waals surface area (Å²) in [7, 11) is 0. The molecule has 0 saturated carbocycles. The van der Waals surface area contributed by atoms with Crippen LogP contribution in [0.5, 0.6) is 5.75 Å². The molecule has 5 heteroatoms. The van der Waals surface area contributed by atoms with Crippen LogP contribution >= 0.6 is 0 Å². The highest BCUT2D eigenvalue weighted by atomic mass is 16.5. The molecule has 2 aromatic carbocycles. The molecule has 2 aromatic rings. The topological polar surface area (TPSA) is 68.1 Å². The van der Waals surface area contributed by atoms with E-state index in [-0.39, 0.29) is 11.6 Å². The fraction of sp³-hybridized carbons (Fsp3) is 0.440. The van der Waals surface area contributed by atoms with Gasteiger partial charge in [-0.25, -0.2) is 0 Å². The molecule has 160 valence electrons. The lowest BCUT2D eigenvalue weighted by Crippen LogP contribution is -2.16. The maximum Gasteiger partial charge on any atom is 0.144 e. The Labute approximate surface area is 179 Å². The summed E-state index contributed by atoms with van der Waals surface area (Å²) in [6.07, 6.45) is 7.47. The molecule has 0 aromatic heterocycles. The summed E-state index contributed by atoms with van der Waals surface area (Å²) in [5, 5.41) is 8.46. The summed E-state index contributed by atoms with van der Waals surface area (Å²) in [6.45, 7) is 5.83. The first-order valence-corrected chi connectivity index (χ1v) is 10.8. The molecule has 5 nitrogen and oxygen atoms in total. The summed E-state index contributed by atoms with van der Waals surface area (Å²) >= 11 is 0. The van der Waals surface area contributed by atoms with Gasteiger partial charge >= 0.3 is 0 Å². The SMILES string of the molecule is CCCCCCCCOc1ccc(N=Nc2ccc(C(C(C)=O)C(C)=O)cc2)cc1. The zero-order valence-electron chi connectivity index (χ0n) is 18.3. The van der Waals surface area contributed by atoms with E-state index in [9.17, 15) is 9.59 Å². The zero-order chi connectivity index (χ0) is 21.8. The molecule has 0 unspecified atom stereocenters. The monoisotopic (exact) mass is 408 g/mol. The van der Waals surface area contributed by atoms with E-state index < -0.39 is 5.92 Å². The van der Waals surface area contributed by atoms with Crippen molar-refractivity contribution in [3.8, 4) is 5.75 Å². The van der Waals surface area contributed by atoms with E-state index in [1.807, 2.05) is 24.3 Å². The predicted octanol–water partition coefficient (Wildman–Crippen LogP) is 7.10. The number of Topliss-reactive ketones (excluding diaryl/α,β-unsaturated/α-hetero) is 2. The third-order valence-corrected chi connectivity index (χ3v) is 4.92. The minimum absolute atomic E-state index is 0.157. The molecule has 0 saturated heterocycles. The van der Waals surface area contributed by atoms with E-state index in [0.29, 0.717) is 11.3 Å². The van der Waals surface area contributed by atoms with Crippen molar-refractivity contribution in [2.45, 2.75) is 65.2 Å². The first-order valence-electron chi connectivity index (χ1n) is 10.8. The number of carbonyl (C=O) groups is 2.